The van der Waals surface area contributed by atoms with Gasteiger partial charge in [0.25, 0.3) is 11.6 Å². The number of nitrogens with one attached hydrogen (secondary N) is 2. The molecule has 0 bridgehead atoms. The quantitative estimate of drug-likeness (QED) is 0.165. The van der Waals surface area contributed by atoms with Crippen molar-refractivity contribution in [2.75, 3.05) is 31.8 Å². The third-order valence-corrected chi connectivity index (χ3v) is 6.42. The Morgan fingerprint density at radius 1 is 1.11 bits per heavy atom. The number of hydrogen-bond acceptors (Lipinski definition) is 8. The third kappa shape index (κ3) is 6.27. The Labute approximate surface area is 220 Å². The number of methoxy groups -OCH3 is 1. The van der Waals surface area contributed by atoms with Crippen molar-refractivity contribution in [3.05, 3.63) is 73.6 Å². The molecule has 1 aromatic heterocycles. The second kappa shape index (κ2) is 11.3. The van der Waals surface area contributed by atoms with Gasteiger partial charge in [-0.05, 0) is 49.0 Å². The Bertz CT molecular complexity index is 1340. The van der Waals surface area contributed by atoms with Gasteiger partial charge in [0.1, 0.15) is 16.5 Å². The molecule has 0 aliphatic heterocycles. The van der Waals surface area contributed by atoms with E-state index in [1.165, 1.54) is 30.2 Å². The lowest BCUT2D eigenvalue weighted by atomic mass is 10.1. The fraction of sp³-hybridized carbons (Fsp3) is 0.174. The molecule has 0 unspecified atom stereocenters. The highest BCUT2D eigenvalue weighted by molar-refractivity contribution is 7.80. The first-order valence-electron chi connectivity index (χ1n) is 10.2. The van der Waals surface area contributed by atoms with E-state index in [2.05, 4.69) is 10.6 Å². The van der Waals surface area contributed by atoms with Crippen LogP contribution in [0, 0.1) is 17.0 Å². The maximum absolute atomic E-state index is 12.5. The van der Waals surface area contributed by atoms with Gasteiger partial charge in [-0.1, -0.05) is 11.6 Å². The molecule has 188 valence electrons. The summed E-state index contributed by atoms with van der Waals surface area (Å²) in [5.74, 6) is -0.294. The zero-order chi connectivity index (χ0) is 26.6. The first kappa shape index (κ1) is 26.9. The van der Waals surface area contributed by atoms with Crippen molar-refractivity contribution in [3.8, 4) is 11.5 Å². The summed E-state index contributed by atoms with van der Waals surface area (Å²) in [6.45, 7) is 1.64. The number of ether oxygens (including phenoxy) is 2. The highest BCUT2D eigenvalue weighted by atomic mass is 35.5. The lowest BCUT2D eigenvalue weighted by Crippen LogP contribution is -2.21. The number of benzene rings is 2. The van der Waals surface area contributed by atoms with Crippen molar-refractivity contribution in [2.45, 2.75) is 6.92 Å². The molecule has 3 rings (SSSR count). The van der Waals surface area contributed by atoms with E-state index >= 15 is 0 Å². The minimum absolute atomic E-state index is 0.0307. The molecule has 1 amide bonds. The zero-order valence-electron chi connectivity index (χ0n) is 19.6. The molecule has 13 heteroatoms. The summed E-state index contributed by atoms with van der Waals surface area (Å²) in [5.41, 5.74) is 0.656. The maximum Gasteiger partial charge on any atom is 0.341 e. The van der Waals surface area contributed by atoms with Gasteiger partial charge in [0, 0.05) is 31.3 Å². The highest BCUT2D eigenvalue weighted by Gasteiger charge is 2.26. The number of halogens is 1. The predicted octanol–water partition coefficient (Wildman–Crippen LogP) is 5.71. The van der Waals surface area contributed by atoms with Crippen LogP contribution in [0.2, 0.25) is 5.02 Å². The molecule has 0 saturated carbocycles. The van der Waals surface area contributed by atoms with Crippen LogP contribution in [0.1, 0.15) is 25.6 Å². The molecule has 2 aromatic carbocycles. The number of nitrogens with zero attached hydrogens (tertiary/aromatic N) is 2. The van der Waals surface area contributed by atoms with Gasteiger partial charge in [-0.3, -0.25) is 14.9 Å². The van der Waals surface area contributed by atoms with Gasteiger partial charge >= 0.3 is 5.97 Å². The molecule has 0 radical (unpaired) electrons. The number of rotatable bonds is 7. The zero-order valence-corrected chi connectivity index (χ0v) is 22.0. The Hall–Kier alpha value is -3.74. The number of esters is 1. The topological polar surface area (TPSA) is 123 Å². The number of carbonyl (C=O) groups is 2. The number of amides is 1. The number of non-ortho nitro benzene ring substituents is 1. The monoisotopic (exact) mass is 548 g/mol. The largest absolute Gasteiger partial charge is 0.465 e. The van der Waals surface area contributed by atoms with Crippen LogP contribution >= 0.6 is 35.2 Å². The lowest BCUT2D eigenvalue weighted by molar-refractivity contribution is -0.384. The standard InChI is InChI=1S/C23H21ClN4O6S2/c1-12-18(22(30)33-4)20(36-19(12)21(29)27(2)3)26-23(35)25-14-9-15(28(31)32)11-17(10-14)34-16-7-5-13(24)6-8-16/h5-11H,1-4H3,(H2,25,26,35). The summed E-state index contributed by atoms with van der Waals surface area (Å²) < 4.78 is 10.6. The Morgan fingerprint density at radius 3 is 2.36 bits per heavy atom. The van der Waals surface area contributed by atoms with E-state index in [1.807, 2.05) is 0 Å². The van der Waals surface area contributed by atoms with E-state index in [1.54, 1.807) is 45.3 Å². The molecule has 2 N–H and O–H groups in total. The third-order valence-electron chi connectivity index (χ3n) is 4.77. The van der Waals surface area contributed by atoms with Crippen molar-refractivity contribution in [2.24, 2.45) is 0 Å². The number of carbonyl (C=O) groups excluding carboxylic acids is 2. The highest BCUT2D eigenvalue weighted by Crippen LogP contribution is 2.35. The Morgan fingerprint density at radius 2 is 1.78 bits per heavy atom. The van der Waals surface area contributed by atoms with Crippen molar-refractivity contribution in [1.29, 1.82) is 0 Å². The second-order valence-corrected chi connectivity index (χ2v) is 9.42. The molecule has 0 saturated heterocycles. The Balaban J connectivity index is 1.88. The fourth-order valence-electron chi connectivity index (χ4n) is 3.08. The number of nitro groups is 1. The van der Waals surface area contributed by atoms with Gasteiger partial charge in [-0.15, -0.1) is 11.3 Å². The van der Waals surface area contributed by atoms with Crippen LogP contribution in [0.3, 0.4) is 0 Å². The molecule has 3 aromatic rings. The van der Waals surface area contributed by atoms with E-state index in [0.29, 0.717) is 26.2 Å². The average molecular weight is 549 g/mol. The SMILES string of the molecule is COC(=O)c1c(NC(=S)Nc2cc(Oc3ccc(Cl)cc3)cc([N+](=O)[O-])c2)sc(C(=O)N(C)C)c1C. The summed E-state index contributed by atoms with van der Waals surface area (Å²) in [6.07, 6.45) is 0. The summed E-state index contributed by atoms with van der Waals surface area (Å²) in [5, 5.41) is 18.1. The second-order valence-electron chi connectivity index (χ2n) is 7.56. The average Bonchev–Trinajstić information content (AvgIpc) is 3.14. The predicted molar refractivity (Wildman–Crippen MR) is 143 cm³/mol. The molecule has 0 atom stereocenters. The summed E-state index contributed by atoms with van der Waals surface area (Å²) in [6, 6.07) is 10.6. The van der Waals surface area contributed by atoms with Gasteiger partial charge in [0.2, 0.25) is 0 Å². The normalized spacial score (nSPS) is 10.4. The minimum atomic E-state index is -0.638. The van der Waals surface area contributed by atoms with Crippen molar-refractivity contribution < 1.29 is 24.0 Å². The molecule has 0 fully saturated rings. The van der Waals surface area contributed by atoms with Gasteiger partial charge in [-0.25, -0.2) is 4.79 Å². The summed E-state index contributed by atoms with van der Waals surface area (Å²) in [7, 11) is 4.44. The van der Waals surface area contributed by atoms with Crippen molar-refractivity contribution in [3.63, 3.8) is 0 Å². The molecule has 0 aliphatic rings. The molecule has 0 spiro atoms. The van der Waals surface area contributed by atoms with Gasteiger partial charge in [0.15, 0.2) is 5.11 Å². The molecule has 10 nitrogen and oxygen atoms in total. The summed E-state index contributed by atoms with van der Waals surface area (Å²) in [4.78, 5) is 37.6. The van der Waals surface area contributed by atoms with Gasteiger partial charge in [-0.2, -0.15) is 0 Å². The molecule has 36 heavy (non-hydrogen) atoms. The van der Waals surface area contributed by atoms with E-state index < -0.39 is 10.9 Å². The first-order chi connectivity index (χ1) is 17.0. The lowest BCUT2D eigenvalue weighted by Gasteiger charge is -2.12. The van der Waals surface area contributed by atoms with Crippen LogP contribution < -0.4 is 15.4 Å². The maximum atomic E-state index is 12.5. The fourth-order valence-corrected chi connectivity index (χ4v) is 4.71. The van der Waals surface area contributed by atoms with Crippen LogP contribution in [0.25, 0.3) is 0 Å². The van der Waals surface area contributed by atoms with Crippen molar-refractivity contribution >= 4 is 68.5 Å². The van der Waals surface area contributed by atoms with Crippen LogP contribution in [0.4, 0.5) is 16.4 Å². The van der Waals surface area contributed by atoms with Crippen molar-refractivity contribution in [1.82, 2.24) is 4.90 Å². The number of hydrogen-bond donors (Lipinski definition) is 2. The molecular formula is C23H21ClN4O6S2. The molecule has 0 aliphatic carbocycles. The van der Waals surface area contributed by atoms with E-state index in [4.69, 9.17) is 33.3 Å². The van der Waals surface area contributed by atoms with E-state index in [9.17, 15) is 19.7 Å². The van der Waals surface area contributed by atoms with Crippen LogP contribution in [0.5, 0.6) is 11.5 Å². The van der Waals surface area contributed by atoms with Gasteiger partial charge in [0.05, 0.1) is 34.2 Å². The van der Waals surface area contributed by atoms with E-state index in [-0.39, 0.29) is 33.7 Å². The molecular weight excluding hydrogens is 528 g/mol. The number of anilines is 2. The first-order valence-corrected chi connectivity index (χ1v) is 11.8. The Kier molecular flexibility index (Phi) is 8.45. The van der Waals surface area contributed by atoms with Gasteiger partial charge < -0.3 is 25.0 Å². The minimum Gasteiger partial charge on any atom is -0.465 e. The van der Waals surface area contributed by atoms with Crippen LogP contribution in [-0.2, 0) is 4.74 Å². The number of thiocarbonyl (C=S) groups is 1. The molecule has 1 heterocycles. The van der Waals surface area contributed by atoms with Crippen LogP contribution in [0.15, 0.2) is 42.5 Å². The summed E-state index contributed by atoms with van der Waals surface area (Å²) >= 11 is 12.3. The number of nitro benzene ring substituents is 1. The van der Waals surface area contributed by atoms with E-state index in [0.717, 1.165) is 11.3 Å². The van der Waals surface area contributed by atoms with Crippen LogP contribution in [-0.4, -0.2) is 48.0 Å². The smallest absolute Gasteiger partial charge is 0.341 e. The number of thiophene rings is 1.